The van der Waals surface area contributed by atoms with Crippen molar-refractivity contribution in [2.75, 3.05) is 27.2 Å². The minimum atomic E-state index is -0.949. The quantitative estimate of drug-likeness (QED) is 0.201. The van der Waals surface area contributed by atoms with Crippen LogP contribution in [0.5, 0.6) is 0 Å². The van der Waals surface area contributed by atoms with Crippen LogP contribution in [0.15, 0.2) is 12.2 Å². The number of aliphatic carboxylic acids is 1. The Labute approximate surface area is 157 Å². The fourth-order valence-electron chi connectivity index (χ4n) is 3.22. The summed E-state index contributed by atoms with van der Waals surface area (Å²) < 4.78 is 0.533. The van der Waals surface area contributed by atoms with Gasteiger partial charge in [-0.3, -0.25) is 0 Å². The molecular formula is C22H43NO2. The topological polar surface area (TPSA) is 40.1 Å². The molecule has 0 N–H and O–H groups in total. The second-order valence-electron chi connectivity index (χ2n) is 8.13. The maximum Gasteiger partial charge on any atom is 0.119 e. The summed E-state index contributed by atoms with van der Waals surface area (Å²) in [6, 6.07) is 0. The summed E-state index contributed by atoms with van der Waals surface area (Å²) in [5, 5.41) is 10.7. The molecule has 0 fully saturated rings. The zero-order valence-corrected chi connectivity index (χ0v) is 17.2. The van der Waals surface area contributed by atoms with Crippen molar-refractivity contribution in [2.45, 2.75) is 96.8 Å². The molecule has 25 heavy (non-hydrogen) atoms. The lowest BCUT2D eigenvalue weighted by Crippen LogP contribution is -2.48. The van der Waals surface area contributed by atoms with Gasteiger partial charge in [0.15, 0.2) is 0 Å². The Morgan fingerprint density at radius 1 is 0.760 bits per heavy atom. The Bertz CT molecular complexity index is 337. The largest absolute Gasteiger partial charge is 0.544 e. The highest BCUT2D eigenvalue weighted by Gasteiger charge is 2.14. The first-order valence-corrected chi connectivity index (χ1v) is 10.6. The normalized spacial score (nSPS) is 12.1. The van der Waals surface area contributed by atoms with E-state index in [1.165, 1.54) is 83.5 Å². The minimum absolute atomic E-state index is 0.116. The number of hydrogen-bond donors (Lipinski definition) is 0. The Morgan fingerprint density at radius 2 is 1.20 bits per heavy atom. The maximum absolute atomic E-state index is 10.7. The molecule has 0 atom stereocenters. The lowest BCUT2D eigenvalue weighted by molar-refractivity contribution is -0.885. The molecule has 0 aromatic carbocycles. The molecule has 0 saturated heterocycles. The van der Waals surface area contributed by atoms with Crippen molar-refractivity contribution < 1.29 is 14.4 Å². The number of carbonyl (C=O) groups excluding carboxylic acids is 1. The van der Waals surface area contributed by atoms with E-state index in [4.69, 9.17) is 0 Å². The fourth-order valence-corrected chi connectivity index (χ4v) is 3.22. The number of carboxylic acid groups (broad SMARTS) is 1. The van der Waals surface area contributed by atoms with Gasteiger partial charge < -0.3 is 14.4 Å². The van der Waals surface area contributed by atoms with E-state index in [1.807, 2.05) is 14.1 Å². The zero-order valence-electron chi connectivity index (χ0n) is 17.2. The first-order valence-electron chi connectivity index (χ1n) is 10.6. The van der Waals surface area contributed by atoms with Crippen molar-refractivity contribution in [1.82, 2.24) is 0 Å². The molecule has 0 aromatic rings. The number of likely N-dealkylation sites (N-methyl/N-ethyl adjacent to an activating group) is 1. The van der Waals surface area contributed by atoms with Crippen LogP contribution in [0.4, 0.5) is 0 Å². The Kier molecular flexibility index (Phi) is 16.1. The number of hydrogen-bond acceptors (Lipinski definition) is 2. The van der Waals surface area contributed by atoms with Crippen LogP contribution in [0.25, 0.3) is 0 Å². The van der Waals surface area contributed by atoms with Gasteiger partial charge >= 0.3 is 0 Å². The lowest BCUT2D eigenvalue weighted by Gasteiger charge is -2.30. The van der Waals surface area contributed by atoms with E-state index in [1.54, 1.807) is 0 Å². The molecule has 0 saturated carbocycles. The smallest absolute Gasteiger partial charge is 0.119 e. The number of quaternary nitrogens is 1. The third kappa shape index (κ3) is 19.3. The summed E-state index contributed by atoms with van der Waals surface area (Å²) in [6.07, 6.45) is 23.0. The van der Waals surface area contributed by atoms with E-state index in [-0.39, 0.29) is 6.54 Å². The number of carboxylic acids is 1. The summed E-state index contributed by atoms with van der Waals surface area (Å²) in [5.74, 6) is -0.949. The molecule has 0 aliphatic rings. The van der Waals surface area contributed by atoms with Crippen LogP contribution < -0.4 is 5.11 Å². The summed E-state index contributed by atoms with van der Waals surface area (Å²) in [5.41, 5.74) is 0. The fraction of sp³-hybridized carbons (Fsp3) is 0.864. The summed E-state index contributed by atoms with van der Waals surface area (Å²) in [6.45, 7) is 3.31. The van der Waals surface area contributed by atoms with Gasteiger partial charge in [-0.2, -0.15) is 0 Å². The van der Waals surface area contributed by atoms with E-state index < -0.39 is 5.97 Å². The van der Waals surface area contributed by atoms with Crippen LogP contribution in [0.3, 0.4) is 0 Å². The molecule has 0 rings (SSSR count). The summed E-state index contributed by atoms with van der Waals surface area (Å²) in [4.78, 5) is 10.7. The van der Waals surface area contributed by atoms with Crippen LogP contribution in [0.1, 0.15) is 96.8 Å². The van der Waals surface area contributed by atoms with Gasteiger partial charge in [-0.05, 0) is 38.5 Å². The van der Waals surface area contributed by atoms with Crippen molar-refractivity contribution >= 4 is 5.97 Å². The Hall–Kier alpha value is -0.830. The number of carbonyl (C=O) groups is 1. The predicted molar refractivity (Wildman–Crippen MR) is 106 cm³/mol. The van der Waals surface area contributed by atoms with E-state index in [2.05, 4.69) is 19.1 Å². The molecule has 0 spiro atoms. The molecule has 0 bridgehead atoms. The second-order valence-corrected chi connectivity index (χ2v) is 8.13. The molecule has 0 amide bonds. The van der Waals surface area contributed by atoms with Crippen LogP contribution in [0, 0.1) is 0 Å². The molecule has 3 nitrogen and oxygen atoms in total. The second kappa shape index (κ2) is 16.6. The number of unbranched alkanes of at least 4 members (excludes halogenated alkanes) is 12. The SMILES string of the molecule is CCCCCCCCC=CCCCCCCCC[N+](C)(C)CC(=O)[O-]. The minimum Gasteiger partial charge on any atom is -0.544 e. The molecule has 3 heteroatoms. The van der Waals surface area contributed by atoms with E-state index in [0.29, 0.717) is 4.48 Å². The first-order chi connectivity index (χ1) is 12.0. The molecule has 0 aromatic heterocycles. The number of allylic oxidation sites excluding steroid dienone is 2. The molecule has 0 heterocycles. The van der Waals surface area contributed by atoms with Crippen LogP contribution in [-0.2, 0) is 4.79 Å². The molecule has 0 unspecified atom stereocenters. The number of nitrogens with zero attached hydrogens (tertiary/aromatic N) is 1. The van der Waals surface area contributed by atoms with Gasteiger partial charge in [0, 0.05) is 0 Å². The molecule has 0 aliphatic heterocycles. The van der Waals surface area contributed by atoms with Gasteiger partial charge in [-0.15, -0.1) is 0 Å². The van der Waals surface area contributed by atoms with E-state index in [0.717, 1.165) is 13.0 Å². The van der Waals surface area contributed by atoms with Gasteiger partial charge in [0.1, 0.15) is 6.54 Å². The summed E-state index contributed by atoms with van der Waals surface area (Å²) >= 11 is 0. The highest BCUT2D eigenvalue weighted by molar-refractivity contribution is 5.65. The average molecular weight is 354 g/mol. The highest BCUT2D eigenvalue weighted by atomic mass is 16.4. The lowest BCUT2D eigenvalue weighted by atomic mass is 10.1. The summed E-state index contributed by atoms with van der Waals surface area (Å²) in [7, 11) is 3.93. The van der Waals surface area contributed by atoms with E-state index in [9.17, 15) is 9.90 Å². The monoisotopic (exact) mass is 353 g/mol. The average Bonchev–Trinajstić information content (AvgIpc) is 2.53. The Morgan fingerprint density at radius 3 is 1.68 bits per heavy atom. The third-order valence-electron chi connectivity index (χ3n) is 4.83. The Balaban J connectivity index is 3.28. The molecular weight excluding hydrogens is 310 g/mol. The van der Waals surface area contributed by atoms with Crippen LogP contribution in [0.2, 0.25) is 0 Å². The number of rotatable bonds is 18. The predicted octanol–water partition coefficient (Wildman–Crippen LogP) is 4.85. The molecule has 0 aliphatic carbocycles. The zero-order chi connectivity index (χ0) is 18.8. The van der Waals surface area contributed by atoms with Crippen molar-refractivity contribution in [1.29, 1.82) is 0 Å². The van der Waals surface area contributed by atoms with Gasteiger partial charge in [-0.1, -0.05) is 70.4 Å². The first kappa shape index (κ1) is 24.2. The van der Waals surface area contributed by atoms with Crippen molar-refractivity contribution in [2.24, 2.45) is 0 Å². The van der Waals surface area contributed by atoms with Crippen molar-refractivity contribution in [3.63, 3.8) is 0 Å². The molecule has 148 valence electrons. The van der Waals surface area contributed by atoms with E-state index >= 15 is 0 Å². The van der Waals surface area contributed by atoms with Crippen molar-refractivity contribution in [3.8, 4) is 0 Å². The van der Waals surface area contributed by atoms with Gasteiger partial charge in [0.25, 0.3) is 0 Å². The third-order valence-corrected chi connectivity index (χ3v) is 4.83. The van der Waals surface area contributed by atoms with Crippen LogP contribution in [-0.4, -0.2) is 37.6 Å². The maximum atomic E-state index is 10.7. The molecule has 0 radical (unpaired) electrons. The standard InChI is InChI=1S/C22H43NO2/c1-4-5-6-7-8-9-10-11-12-13-14-15-16-17-18-19-20-23(2,3)21-22(24)25/h11-12H,4-10,13-21H2,1-3H3. The van der Waals surface area contributed by atoms with Gasteiger partial charge in [-0.25, -0.2) is 0 Å². The van der Waals surface area contributed by atoms with Gasteiger partial charge in [0.2, 0.25) is 0 Å². The highest BCUT2D eigenvalue weighted by Crippen LogP contribution is 2.11. The van der Waals surface area contributed by atoms with Crippen LogP contribution >= 0.6 is 0 Å². The van der Waals surface area contributed by atoms with Crippen molar-refractivity contribution in [3.05, 3.63) is 12.2 Å². The van der Waals surface area contributed by atoms with Gasteiger partial charge in [0.05, 0.1) is 26.6 Å².